The number of rotatable bonds is 9. The summed E-state index contributed by atoms with van der Waals surface area (Å²) in [5.74, 6) is -0.775. The molecule has 0 radical (unpaired) electrons. The first-order valence-electron chi connectivity index (χ1n) is 9.68. The van der Waals surface area contributed by atoms with Gasteiger partial charge in [-0.2, -0.15) is 0 Å². The van der Waals surface area contributed by atoms with Crippen molar-refractivity contribution in [3.05, 3.63) is 0 Å². The predicted octanol–water partition coefficient (Wildman–Crippen LogP) is 1.93. The molecule has 27 heavy (non-hydrogen) atoms. The molecule has 0 unspecified atom stereocenters. The molecule has 1 saturated carbocycles. The minimum Gasteiger partial charge on any atom is -0.480 e. The molecule has 2 amide bonds. The first-order valence-corrected chi connectivity index (χ1v) is 9.68. The van der Waals surface area contributed by atoms with Crippen LogP contribution in [0, 0.1) is 23.7 Å². The Morgan fingerprint density at radius 2 is 1.63 bits per heavy atom. The molecule has 2 atom stereocenters. The van der Waals surface area contributed by atoms with Gasteiger partial charge in [0.25, 0.3) is 0 Å². The molecule has 1 aliphatic rings. The number of nitrogens with two attached hydrogens (primary N) is 1. The molecule has 0 heterocycles. The van der Waals surface area contributed by atoms with Gasteiger partial charge in [-0.25, -0.2) is 4.79 Å². The highest BCUT2D eigenvalue weighted by Crippen LogP contribution is 2.28. The fraction of sp³-hybridized carbons (Fsp3) is 0.842. The topological polar surface area (TPSA) is 122 Å². The van der Waals surface area contributed by atoms with Crippen molar-refractivity contribution in [2.24, 2.45) is 29.4 Å². The minimum atomic E-state index is -0.982. The van der Waals surface area contributed by atoms with Crippen LogP contribution < -0.4 is 16.4 Å². The van der Waals surface area contributed by atoms with Gasteiger partial charge in [-0.05, 0) is 49.9 Å². The Balaban J connectivity index is 0.00000676. The van der Waals surface area contributed by atoms with Crippen molar-refractivity contribution >= 4 is 30.2 Å². The fourth-order valence-electron chi connectivity index (χ4n) is 3.28. The smallest absolute Gasteiger partial charge is 0.326 e. The molecular weight excluding hydrogens is 370 g/mol. The van der Waals surface area contributed by atoms with Crippen LogP contribution in [-0.2, 0) is 14.4 Å². The van der Waals surface area contributed by atoms with Crippen LogP contribution in [0.3, 0.4) is 0 Å². The first kappa shape index (κ1) is 25.7. The Bertz CT molecular complexity index is 491. The lowest BCUT2D eigenvalue weighted by molar-refractivity contribution is -0.143. The molecule has 1 aliphatic carbocycles. The summed E-state index contributed by atoms with van der Waals surface area (Å²) in [5, 5.41) is 14.8. The van der Waals surface area contributed by atoms with Gasteiger partial charge in [-0.15, -0.1) is 12.4 Å². The molecule has 0 aromatic carbocycles. The molecule has 0 saturated heterocycles. The zero-order valence-corrected chi connectivity index (χ0v) is 17.7. The van der Waals surface area contributed by atoms with Crippen LogP contribution in [0.25, 0.3) is 0 Å². The average Bonchev–Trinajstić information content (AvgIpc) is 2.58. The SMILES string of the molecule is CC(C)C[C@H](NC(=O)C1CCC(CNC(=O)[C@@H](N)C(C)C)CC1)C(=O)O.Cl. The third-order valence-corrected chi connectivity index (χ3v) is 5.13. The number of hydrogen-bond donors (Lipinski definition) is 4. The maximum absolute atomic E-state index is 12.4. The lowest BCUT2D eigenvalue weighted by Gasteiger charge is -2.29. The molecule has 8 heteroatoms. The van der Waals surface area contributed by atoms with E-state index in [1.165, 1.54) is 0 Å². The number of carbonyl (C=O) groups is 3. The molecule has 1 rings (SSSR count). The van der Waals surface area contributed by atoms with Gasteiger partial charge in [0.15, 0.2) is 0 Å². The lowest BCUT2D eigenvalue weighted by Crippen LogP contribution is -2.46. The highest BCUT2D eigenvalue weighted by Gasteiger charge is 2.30. The van der Waals surface area contributed by atoms with Crippen molar-refractivity contribution in [1.82, 2.24) is 10.6 Å². The van der Waals surface area contributed by atoms with Crippen molar-refractivity contribution in [2.45, 2.75) is 71.9 Å². The van der Waals surface area contributed by atoms with E-state index >= 15 is 0 Å². The van der Waals surface area contributed by atoms with Crippen molar-refractivity contribution in [1.29, 1.82) is 0 Å². The Labute approximate surface area is 168 Å². The summed E-state index contributed by atoms with van der Waals surface area (Å²) < 4.78 is 0. The Morgan fingerprint density at radius 1 is 1.07 bits per heavy atom. The predicted molar refractivity (Wildman–Crippen MR) is 108 cm³/mol. The van der Waals surface area contributed by atoms with Gasteiger partial charge >= 0.3 is 5.97 Å². The summed E-state index contributed by atoms with van der Waals surface area (Å²) in [5.41, 5.74) is 5.83. The van der Waals surface area contributed by atoms with Crippen LogP contribution >= 0.6 is 12.4 Å². The molecule has 5 N–H and O–H groups in total. The summed E-state index contributed by atoms with van der Waals surface area (Å²) in [7, 11) is 0. The largest absolute Gasteiger partial charge is 0.480 e. The molecule has 0 aromatic heterocycles. The third-order valence-electron chi connectivity index (χ3n) is 5.13. The zero-order valence-electron chi connectivity index (χ0n) is 16.9. The number of aliphatic carboxylic acids is 1. The molecule has 0 bridgehead atoms. The van der Waals surface area contributed by atoms with Gasteiger partial charge in [-0.1, -0.05) is 27.7 Å². The summed E-state index contributed by atoms with van der Waals surface area (Å²) in [6.45, 7) is 8.29. The summed E-state index contributed by atoms with van der Waals surface area (Å²) in [4.78, 5) is 35.6. The van der Waals surface area contributed by atoms with E-state index in [2.05, 4.69) is 10.6 Å². The van der Waals surface area contributed by atoms with Crippen molar-refractivity contribution in [3.63, 3.8) is 0 Å². The van der Waals surface area contributed by atoms with E-state index in [1.807, 2.05) is 27.7 Å². The van der Waals surface area contributed by atoms with Crippen LogP contribution in [-0.4, -0.2) is 41.5 Å². The number of amides is 2. The molecular formula is C19H36ClN3O4. The second-order valence-electron chi connectivity index (χ2n) is 8.26. The van der Waals surface area contributed by atoms with Crippen molar-refractivity contribution in [3.8, 4) is 0 Å². The highest BCUT2D eigenvalue weighted by molar-refractivity contribution is 5.85. The molecule has 0 aromatic rings. The van der Waals surface area contributed by atoms with Gasteiger partial charge in [0, 0.05) is 12.5 Å². The Kier molecular flexibility index (Phi) is 11.6. The average molecular weight is 406 g/mol. The quantitative estimate of drug-likeness (QED) is 0.467. The van der Waals surface area contributed by atoms with Crippen LogP contribution in [0.15, 0.2) is 0 Å². The zero-order chi connectivity index (χ0) is 19.9. The molecule has 7 nitrogen and oxygen atoms in total. The summed E-state index contributed by atoms with van der Waals surface area (Å²) in [6.07, 6.45) is 3.56. The molecule has 0 spiro atoms. The van der Waals surface area contributed by atoms with Crippen LogP contribution in [0.4, 0.5) is 0 Å². The number of nitrogens with one attached hydrogen (secondary N) is 2. The normalized spacial score (nSPS) is 21.9. The number of carboxylic acids is 1. The van der Waals surface area contributed by atoms with E-state index in [1.54, 1.807) is 0 Å². The highest BCUT2D eigenvalue weighted by atomic mass is 35.5. The summed E-state index contributed by atoms with van der Waals surface area (Å²) in [6, 6.07) is -1.32. The minimum absolute atomic E-state index is 0. The van der Waals surface area contributed by atoms with Crippen LogP contribution in [0.5, 0.6) is 0 Å². The second-order valence-corrected chi connectivity index (χ2v) is 8.26. The first-order chi connectivity index (χ1) is 12.1. The van der Waals surface area contributed by atoms with E-state index in [0.717, 1.165) is 25.7 Å². The lowest BCUT2D eigenvalue weighted by atomic mass is 9.81. The number of carbonyl (C=O) groups excluding carboxylic acids is 2. The van der Waals surface area contributed by atoms with Crippen molar-refractivity contribution < 1.29 is 19.5 Å². The summed E-state index contributed by atoms with van der Waals surface area (Å²) >= 11 is 0. The van der Waals surface area contributed by atoms with E-state index in [-0.39, 0.29) is 42.0 Å². The second kappa shape index (κ2) is 12.2. The van der Waals surface area contributed by atoms with Crippen LogP contribution in [0.1, 0.15) is 59.8 Å². The van der Waals surface area contributed by atoms with Gasteiger partial charge in [0.05, 0.1) is 6.04 Å². The Hall–Kier alpha value is -1.34. The fourth-order valence-corrected chi connectivity index (χ4v) is 3.28. The number of carboxylic acid groups (broad SMARTS) is 1. The van der Waals surface area contributed by atoms with Gasteiger partial charge in [0.1, 0.15) is 6.04 Å². The van der Waals surface area contributed by atoms with E-state index in [9.17, 15) is 19.5 Å². The van der Waals surface area contributed by atoms with Gasteiger partial charge in [-0.3, -0.25) is 9.59 Å². The molecule has 0 aliphatic heterocycles. The maximum Gasteiger partial charge on any atom is 0.326 e. The monoisotopic (exact) mass is 405 g/mol. The molecule has 158 valence electrons. The van der Waals surface area contributed by atoms with E-state index in [0.29, 0.717) is 18.9 Å². The van der Waals surface area contributed by atoms with E-state index < -0.39 is 18.1 Å². The standard InChI is InChI=1S/C19H35N3O4.ClH/c1-11(2)9-15(19(25)26)22-17(23)14-7-5-13(6-8-14)10-21-18(24)16(20)12(3)4;/h11-16H,5-10,20H2,1-4H3,(H,21,24)(H,22,23)(H,25,26);1H/t13?,14?,15-,16-;/m0./s1. The number of halogens is 1. The number of hydrogen-bond acceptors (Lipinski definition) is 4. The Morgan fingerprint density at radius 3 is 2.07 bits per heavy atom. The molecule has 1 fully saturated rings. The third kappa shape index (κ3) is 8.93. The van der Waals surface area contributed by atoms with Gasteiger partial charge in [0.2, 0.25) is 11.8 Å². The van der Waals surface area contributed by atoms with Crippen molar-refractivity contribution in [2.75, 3.05) is 6.54 Å². The van der Waals surface area contributed by atoms with E-state index in [4.69, 9.17) is 5.73 Å². The van der Waals surface area contributed by atoms with Crippen LogP contribution in [0.2, 0.25) is 0 Å². The van der Waals surface area contributed by atoms with Gasteiger partial charge < -0.3 is 21.5 Å². The maximum atomic E-state index is 12.4.